The quantitative estimate of drug-likeness (QED) is 0.796. The van der Waals surface area contributed by atoms with Crippen molar-refractivity contribution >= 4 is 15.7 Å². The summed E-state index contributed by atoms with van der Waals surface area (Å²) >= 11 is 0. The molecule has 2 fully saturated rings. The molecule has 0 aromatic carbocycles. The smallest absolute Gasteiger partial charge is 0.240 e. The molecular weight excluding hydrogens is 252 g/mol. The molecule has 3 atom stereocenters. The van der Waals surface area contributed by atoms with Gasteiger partial charge in [-0.05, 0) is 39.2 Å². The number of nitrogens with one attached hydrogen (secondary N) is 1. The lowest BCUT2D eigenvalue weighted by molar-refractivity contribution is -0.131. The monoisotopic (exact) mass is 274 g/mol. The summed E-state index contributed by atoms with van der Waals surface area (Å²) in [6.07, 6.45) is 5.33. The molecule has 0 bridgehead atoms. The van der Waals surface area contributed by atoms with E-state index in [2.05, 4.69) is 5.32 Å². The summed E-state index contributed by atoms with van der Waals surface area (Å²) in [5.74, 6) is -0.228. The normalized spacial score (nSPS) is 30.7. The molecule has 104 valence electrons. The Balaban J connectivity index is 2.09. The minimum atomic E-state index is -3.30. The highest BCUT2D eigenvalue weighted by atomic mass is 32.2. The predicted molar refractivity (Wildman–Crippen MR) is 70.1 cm³/mol. The summed E-state index contributed by atoms with van der Waals surface area (Å²) in [5, 5.41) is 2.50. The third-order valence-electron chi connectivity index (χ3n) is 4.14. The van der Waals surface area contributed by atoms with Gasteiger partial charge >= 0.3 is 0 Å². The molecule has 2 saturated heterocycles. The maximum atomic E-state index is 12.3. The van der Waals surface area contributed by atoms with Crippen molar-refractivity contribution in [3.63, 3.8) is 0 Å². The zero-order valence-corrected chi connectivity index (χ0v) is 11.9. The van der Waals surface area contributed by atoms with Crippen LogP contribution in [0.2, 0.25) is 0 Å². The second-order valence-electron chi connectivity index (χ2n) is 5.42. The van der Waals surface area contributed by atoms with E-state index in [1.807, 2.05) is 0 Å². The van der Waals surface area contributed by atoms with Crippen LogP contribution in [0.25, 0.3) is 0 Å². The van der Waals surface area contributed by atoms with Crippen molar-refractivity contribution in [1.29, 1.82) is 0 Å². The number of hydrogen-bond acceptors (Lipinski definition) is 4. The molecule has 2 aliphatic heterocycles. The van der Waals surface area contributed by atoms with E-state index in [9.17, 15) is 13.2 Å². The third-order valence-corrected chi connectivity index (χ3v) is 5.62. The van der Waals surface area contributed by atoms with Gasteiger partial charge in [-0.15, -0.1) is 0 Å². The highest BCUT2D eigenvalue weighted by molar-refractivity contribution is 7.92. The Morgan fingerprint density at radius 1 is 1.33 bits per heavy atom. The molecule has 5 nitrogen and oxygen atoms in total. The molecule has 18 heavy (non-hydrogen) atoms. The summed E-state index contributed by atoms with van der Waals surface area (Å²) in [6.45, 7) is 3.20. The maximum absolute atomic E-state index is 12.3. The van der Waals surface area contributed by atoms with Crippen LogP contribution in [0.3, 0.4) is 0 Å². The average Bonchev–Trinajstić information content (AvgIpc) is 2.95. The van der Waals surface area contributed by atoms with Gasteiger partial charge in [-0.2, -0.15) is 0 Å². The van der Waals surface area contributed by atoms with Crippen molar-refractivity contribution < 1.29 is 13.2 Å². The van der Waals surface area contributed by atoms with Crippen LogP contribution in [0.15, 0.2) is 0 Å². The van der Waals surface area contributed by atoms with E-state index in [0.717, 1.165) is 38.5 Å². The summed E-state index contributed by atoms with van der Waals surface area (Å²) in [6, 6.07) is 0.535. The number of amides is 1. The molecule has 0 aromatic heterocycles. The van der Waals surface area contributed by atoms with Gasteiger partial charge in [0.25, 0.3) is 0 Å². The first-order chi connectivity index (χ1) is 8.41. The number of likely N-dealkylation sites (tertiary alicyclic amines) is 1. The molecule has 0 saturated carbocycles. The SMILES string of the molecule is CC(C(=O)N1CCCC1C1CCCN1)S(C)(=O)=O. The standard InChI is InChI=1S/C12H22N2O3S/c1-9(18(2,16)17)12(15)14-8-4-6-11(14)10-5-3-7-13-10/h9-11,13H,3-8H2,1-2H3. The first-order valence-electron chi connectivity index (χ1n) is 6.64. The second-order valence-corrected chi connectivity index (χ2v) is 7.78. The van der Waals surface area contributed by atoms with Crippen molar-refractivity contribution in [2.75, 3.05) is 19.3 Å². The molecule has 1 amide bonds. The molecule has 2 rings (SSSR count). The Bertz CT molecular complexity index is 415. The molecule has 3 unspecified atom stereocenters. The molecule has 2 heterocycles. The molecule has 0 radical (unpaired) electrons. The van der Waals surface area contributed by atoms with Gasteiger partial charge in [-0.3, -0.25) is 4.79 Å². The van der Waals surface area contributed by atoms with Gasteiger partial charge < -0.3 is 10.2 Å². The summed E-state index contributed by atoms with van der Waals surface area (Å²) in [5.41, 5.74) is 0. The van der Waals surface area contributed by atoms with Crippen molar-refractivity contribution in [2.45, 2.75) is 49.9 Å². The van der Waals surface area contributed by atoms with Gasteiger partial charge in [-0.1, -0.05) is 0 Å². The summed E-state index contributed by atoms with van der Waals surface area (Å²) in [4.78, 5) is 14.1. The Labute approximate surface area is 109 Å². The number of hydrogen-bond donors (Lipinski definition) is 1. The molecular formula is C12H22N2O3S. The molecule has 6 heteroatoms. The fraction of sp³-hybridized carbons (Fsp3) is 0.917. The lowest BCUT2D eigenvalue weighted by atomic mass is 10.0. The molecule has 0 aliphatic carbocycles. The zero-order chi connectivity index (χ0) is 13.3. The zero-order valence-electron chi connectivity index (χ0n) is 11.1. The molecule has 0 spiro atoms. The Hall–Kier alpha value is -0.620. The van der Waals surface area contributed by atoms with E-state index in [1.54, 1.807) is 4.90 Å². The van der Waals surface area contributed by atoms with E-state index in [1.165, 1.54) is 6.92 Å². The first kappa shape index (κ1) is 13.8. The predicted octanol–water partition coefficient (Wildman–Crippen LogP) is 0.163. The van der Waals surface area contributed by atoms with Crippen molar-refractivity contribution in [3.8, 4) is 0 Å². The number of carbonyl (C=O) groups is 1. The molecule has 1 N–H and O–H groups in total. The number of rotatable bonds is 3. The van der Waals surface area contributed by atoms with Crippen LogP contribution < -0.4 is 5.32 Å². The lowest BCUT2D eigenvalue weighted by Crippen LogP contribution is -2.50. The topological polar surface area (TPSA) is 66.5 Å². The van der Waals surface area contributed by atoms with Crippen LogP contribution in [-0.4, -0.2) is 55.9 Å². The largest absolute Gasteiger partial charge is 0.337 e. The van der Waals surface area contributed by atoms with E-state index in [-0.39, 0.29) is 11.9 Å². The lowest BCUT2D eigenvalue weighted by Gasteiger charge is -2.31. The molecule has 2 aliphatic rings. The van der Waals surface area contributed by atoms with E-state index < -0.39 is 15.1 Å². The Kier molecular flexibility index (Phi) is 3.96. The van der Waals surface area contributed by atoms with Gasteiger partial charge in [0, 0.05) is 24.9 Å². The summed E-state index contributed by atoms with van der Waals surface area (Å²) in [7, 11) is -3.30. The fourth-order valence-electron chi connectivity index (χ4n) is 2.94. The van der Waals surface area contributed by atoms with Crippen molar-refractivity contribution in [2.24, 2.45) is 0 Å². The average molecular weight is 274 g/mol. The van der Waals surface area contributed by atoms with Crippen LogP contribution in [0.4, 0.5) is 0 Å². The van der Waals surface area contributed by atoms with Crippen LogP contribution in [0.5, 0.6) is 0 Å². The molecule has 0 aromatic rings. The van der Waals surface area contributed by atoms with Crippen LogP contribution in [0, 0.1) is 0 Å². The van der Waals surface area contributed by atoms with Crippen molar-refractivity contribution in [3.05, 3.63) is 0 Å². The minimum Gasteiger partial charge on any atom is -0.337 e. The number of nitrogens with zero attached hydrogens (tertiary/aromatic N) is 1. The van der Waals surface area contributed by atoms with Crippen molar-refractivity contribution in [1.82, 2.24) is 10.2 Å². The third kappa shape index (κ3) is 2.69. The number of carbonyl (C=O) groups excluding carboxylic acids is 1. The first-order valence-corrected chi connectivity index (χ1v) is 8.59. The van der Waals surface area contributed by atoms with Crippen LogP contribution in [0.1, 0.15) is 32.6 Å². The Morgan fingerprint density at radius 3 is 2.61 bits per heavy atom. The fourth-order valence-corrected chi connectivity index (χ4v) is 3.44. The maximum Gasteiger partial charge on any atom is 0.240 e. The minimum absolute atomic E-state index is 0.184. The number of sulfone groups is 1. The van der Waals surface area contributed by atoms with Crippen LogP contribution >= 0.6 is 0 Å². The summed E-state index contributed by atoms with van der Waals surface area (Å²) < 4.78 is 23.0. The van der Waals surface area contributed by atoms with Gasteiger partial charge in [0.2, 0.25) is 5.91 Å². The van der Waals surface area contributed by atoms with Gasteiger partial charge in [0.15, 0.2) is 9.84 Å². The van der Waals surface area contributed by atoms with Gasteiger partial charge in [-0.25, -0.2) is 8.42 Å². The van der Waals surface area contributed by atoms with Gasteiger partial charge in [0.1, 0.15) is 5.25 Å². The highest BCUT2D eigenvalue weighted by Crippen LogP contribution is 2.26. The van der Waals surface area contributed by atoms with Crippen LogP contribution in [-0.2, 0) is 14.6 Å². The second kappa shape index (κ2) is 5.17. The Morgan fingerprint density at radius 2 is 2.06 bits per heavy atom. The van der Waals surface area contributed by atoms with E-state index >= 15 is 0 Å². The van der Waals surface area contributed by atoms with Gasteiger partial charge in [0.05, 0.1) is 0 Å². The van der Waals surface area contributed by atoms with E-state index in [0.29, 0.717) is 12.6 Å². The van der Waals surface area contributed by atoms with E-state index in [4.69, 9.17) is 0 Å². The highest BCUT2D eigenvalue weighted by Gasteiger charge is 2.39.